The maximum Gasteiger partial charge on any atom is 0.159 e. The van der Waals surface area contributed by atoms with Gasteiger partial charge in [0.15, 0.2) is 6.29 Å². The van der Waals surface area contributed by atoms with Crippen LogP contribution >= 0.6 is 0 Å². The third-order valence-electron chi connectivity index (χ3n) is 2.73. The molecule has 102 valence electrons. The molecule has 0 saturated carbocycles. The van der Waals surface area contributed by atoms with E-state index in [-0.39, 0.29) is 18.1 Å². The predicted molar refractivity (Wildman–Crippen MR) is 66.7 cm³/mol. The Balaban J connectivity index is 2.26. The van der Waals surface area contributed by atoms with Gasteiger partial charge in [-0.15, -0.1) is 0 Å². The van der Waals surface area contributed by atoms with Crippen molar-refractivity contribution in [3.63, 3.8) is 0 Å². The van der Waals surface area contributed by atoms with Gasteiger partial charge >= 0.3 is 0 Å². The molecule has 0 amide bonds. The number of ether oxygens (including phenoxy) is 2. The average molecular weight is 265 g/mol. The maximum absolute atomic E-state index is 11.0. The molecule has 0 spiro atoms. The summed E-state index contributed by atoms with van der Waals surface area (Å²) in [6, 6.07) is 0.268. The van der Waals surface area contributed by atoms with Crippen LogP contribution in [0.25, 0.3) is 0 Å². The first-order valence-corrected chi connectivity index (χ1v) is 8.21. The minimum Gasteiger partial charge on any atom is -0.350 e. The Labute approximate surface area is 104 Å². The fourth-order valence-corrected chi connectivity index (χ4v) is 2.65. The van der Waals surface area contributed by atoms with E-state index in [0.29, 0.717) is 19.6 Å². The fourth-order valence-electron chi connectivity index (χ4n) is 1.96. The summed E-state index contributed by atoms with van der Waals surface area (Å²) >= 11 is 0. The standard InChI is InChI=1S/C11H23NO4S/c1-3-12-10(5-4-8-17(2,13)14)9-11-15-6-7-16-11/h10-12H,3-9H2,1-2H3. The molecule has 1 unspecified atom stereocenters. The highest BCUT2D eigenvalue weighted by Crippen LogP contribution is 2.13. The van der Waals surface area contributed by atoms with E-state index in [1.165, 1.54) is 6.26 Å². The summed E-state index contributed by atoms with van der Waals surface area (Å²) in [6.45, 7) is 4.23. The molecular weight excluding hydrogens is 242 g/mol. The molecule has 17 heavy (non-hydrogen) atoms. The predicted octanol–water partition coefficient (Wildman–Crippen LogP) is 0.552. The molecule has 1 N–H and O–H groups in total. The Morgan fingerprint density at radius 2 is 2.00 bits per heavy atom. The third kappa shape index (κ3) is 6.98. The Morgan fingerprint density at radius 3 is 2.53 bits per heavy atom. The Morgan fingerprint density at radius 1 is 1.35 bits per heavy atom. The normalized spacial score (nSPS) is 19.6. The molecule has 1 atom stereocenters. The number of rotatable bonds is 8. The van der Waals surface area contributed by atoms with Crippen LogP contribution in [0.1, 0.15) is 26.2 Å². The summed E-state index contributed by atoms with van der Waals surface area (Å²) in [6.07, 6.45) is 3.46. The van der Waals surface area contributed by atoms with Gasteiger partial charge in [0.1, 0.15) is 9.84 Å². The van der Waals surface area contributed by atoms with E-state index >= 15 is 0 Å². The van der Waals surface area contributed by atoms with Gasteiger partial charge in [-0.2, -0.15) is 0 Å². The number of nitrogens with one attached hydrogen (secondary N) is 1. The zero-order chi connectivity index (χ0) is 12.7. The van der Waals surface area contributed by atoms with E-state index in [0.717, 1.165) is 19.4 Å². The van der Waals surface area contributed by atoms with Crippen LogP contribution in [-0.4, -0.2) is 52.5 Å². The molecule has 5 nitrogen and oxygen atoms in total. The second kappa shape index (κ2) is 7.31. The summed E-state index contributed by atoms with van der Waals surface area (Å²) in [4.78, 5) is 0. The van der Waals surface area contributed by atoms with E-state index < -0.39 is 9.84 Å². The van der Waals surface area contributed by atoms with Gasteiger partial charge < -0.3 is 14.8 Å². The van der Waals surface area contributed by atoms with Crippen molar-refractivity contribution < 1.29 is 17.9 Å². The molecule has 1 fully saturated rings. The molecule has 1 saturated heterocycles. The lowest BCUT2D eigenvalue weighted by atomic mass is 10.1. The van der Waals surface area contributed by atoms with Crippen molar-refractivity contribution in [3.05, 3.63) is 0 Å². The van der Waals surface area contributed by atoms with Crippen LogP contribution in [0.4, 0.5) is 0 Å². The largest absolute Gasteiger partial charge is 0.350 e. The summed E-state index contributed by atoms with van der Waals surface area (Å²) in [5.74, 6) is 0.251. The SMILES string of the molecule is CCNC(CCCS(C)(=O)=O)CC1OCCO1. The lowest BCUT2D eigenvalue weighted by Crippen LogP contribution is -2.33. The number of hydrogen-bond acceptors (Lipinski definition) is 5. The summed E-state index contributed by atoms with van der Waals surface area (Å²) in [5, 5.41) is 3.34. The monoisotopic (exact) mass is 265 g/mol. The minimum atomic E-state index is -2.85. The van der Waals surface area contributed by atoms with Crippen molar-refractivity contribution in [1.29, 1.82) is 0 Å². The fraction of sp³-hybridized carbons (Fsp3) is 1.00. The molecular formula is C11H23NO4S. The quantitative estimate of drug-likeness (QED) is 0.694. The maximum atomic E-state index is 11.0. The first-order chi connectivity index (χ1) is 8.01. The van der Waals surface area contributed by atoms with Crippen LogP contribution < -0.4 is 5.32 Å². The van der Waals surface area contributed by atoms with Crippen molar-refractivity contribution in [2.75, 3.05) is 31.8 Å². The van der Waals surface area contributed by atoms with Crippen LogP contribution in [0.5, 0.6) is 0 Å². The van der Waals surface area contributed by atoms with Crippen LogP contribution in [0.3, 0.4) is 0 Å². The molecule has 1 rings (SSSR count). The Hall–Kier alpha value is -0.170. The molecule has 1 aliphatic rings. The van der Waals surface area contributed by atoms with Gasteiger partial charge in [0.05, 0.1) is 13.2 Å². The van der Waals surface area contributed by atoms with E-state index in [2.05, 4.69) is 5.32 Å². The van der Waals surface area contributed by atoms with Crippen molar-refractivity contribution in [2.45, 2.75) is 38.5 Å². The molecule has 0 bridgehead atoms. The molecule has 1 aliphatic heterocycles. The van der Waals surface area contributed by atoms with Gasteiger partial charge in [0.25, 0.3) is 0 Å². The van der Waals surface area contributed by atoms with E-state index in [1.54, 1.807) is 0 Å². The van der Waals surface area contributed by atoms with Crippen molar-refractivity contribution in [2.24, 2.45) is 0 Å². The van der Waals surface area contributed by atoms with Crippen LogP contribution in [-0.2, 0) is 19.3 Å². The van der Waals surface area contributed by atoms with Gasteiger partial charge in [-0.1, -0.05) is 6.92 Å². The van der Waals surface area contributed by atoms with Crippen LogP contribution in [0.15, 0.2) is 0 Å². The second-order valence-corrected chi connectivity index (χ2v) is 6.69. The molecule has 0 aromatic carbocycles. The molecule has 0 radical (unpaired) electrons. The highest BCUT2D eigenvalue weighted by Gasteiger charge is 2.21. The highest BCUT2D eigenvalue weighted by molar-refractivity contribution is 7.90. The molecule has 0 aromatic rings. The molecule has 0 aliphatic carbocycles. The van der Waals surface area contributed by atoms with Gasteiger partial charge in [-0.05, 0) is 19.4 Å². The third-order valence-corrected chi connectivity index (χ3v) is 3.76. The minimum absolute atomic E-state index is 0.128. The number of hydrogen-bond donors (Lipinski definition) is 1. The van der Waals surface area contributed by atoms with Gasteiger partial charge in [0, 0.05) is 24.5 Å². The van der Waals surface area contributed by atoms with Crippen molar-refractivity contribution >= 4 is 9.84 Å². The summed E-state index contributed by atoms with van der Waals surface area (Å²) in [7, 11) is -2.85. The topological polar surface area (TPSA) is 64.6 Å². The van der Waals surface area contributed by atoms with Gasteiger partial charge in [-0.3, -0.25) is 0 Å². The Bertz CT molecular complexity index is 299. The summed E-state index contributed by atoms with van der Waals surface area (Å²) < 4.78 is 32.9. The van der Waals surface area contributed by atoms with E-state index in [1.807, 2.05) is 6.92 Å². The highest BCUT2D eigenvalue weighted by atomic mass is 32.2. The van der Waals surface area contributed by atoms with Crippen molar-refractivity contribution in [1.82, 2.24) is 5.32 Å². The van der Waals surface area contributed by atoms with Crippen LogP contribution in [0.2, 0.25) is 0 Å². The number of sulfone groups is 1. The lowest BCUT2D eigenvalue weighted by Gasteiger charge is -2.20. The first-order valence-electron chi connectivity index (χ1n) is 6.15. The molecule has 6 heteroatoms. The average Bonchev–Trinajstić information content (AvgIpc) is 2.68. The zero-order valence-electron chi connectivity index (χ0n) is 10.6. The Kier molecular flexibility index (Phi) is 6.40. The first kappa shape index (κ1) is 14.9. The lowest BCUT2D eigenvalue weighted by molar-refractivity contribution is -0.0530. The summed E-state index contributed by atoms with van der Waals surface area (Å²) in [5.41, 5.74) is 0. The van der Waals surface area contributed by atoms with E-state index in [4.69, 9.17) is 9.47 Å². The van der Waals surface area contributed by atoms with Gasteiger partial charge in [-0.25, -0.2) is 8.42 Å². The second-order valence-electron chi connectivity index (χ2n) is 4.43. The smallest absolute Gasteiger partial charge is 0.159 e. The van der Waals surface area contributed by atoms with Crippen molar-refractivity contribution in [3.8, 4) is 0 Å². The molecule has 1 heterocycles. The van der Waals surface area contributed by atoms with E-state index in [9.17, 15) is 8.42 Å². The zero-order valence-corrected chi connectivity index (χ0v) is 11.5. The van der Waals surface area contributed by atoms with Gasteiger partial charge in [0.2, 0.25) is 0 Å². The molecule has 0 aromatic heterocycles. The van der Waals surface area contributed by atoms with Crippen LogP contribution in [0, 0.1) is 0 Å².